The van der Waals surface area contributed by atoms with Gasteiger partial charge in [-0.2, -0.15) is 0 Å². The van der Waals surface area contributed by atoms with Crippen LogP contribution in [0.15, 0.2) is 4.99 Å². The van der Waals surface area contributed by atoms with Crippen LogP contribution in [0.4, 0.5) is 0 Å². The molecular weight excluding hydrogens is 554 g/mol. The summed E-state index contributed by atoms with van der Waals surface area (Å²) in [4.78, 5) is 54.5. The number of rotatable bonds is 22. The molecule has 0 saturated carbocycles. The monoisotopic (exact) mass is 605 g/mol. The number of carboxylic acids is 1. The first kappa shape index (κ1) is 38.9. The summed E-state index contributed by atoms with van der Waals surface area (Å²) in [6, 6.07) is -5.92. The third-order valence-electron chi connectivity index (χ3n) is 6.83. The lowest BCUT2D eigenvalue weighted by Crippen LogP contribution is -2.61. The highest BCUT2D eigenvalue weighted by atomic mass is 16.4. The van der Waals surface area contributed by atoms with Gasteiger partial charge in [0, 0.05) is 19.1 Å². The number of nitrogens with zero attached hydrogens (tertiary/aromatic N) is 1. The number of carbonyl (C=O) groups is 4. The molecule has 244 valence electrons. The van der Waals surface area contributed by atoms with E-state index in [9.17, 15) is 39.6 Å². The Morgan fingerprint density at radius 3 is 1.98 bits per heavy atom. The average molecular weight is 606 g/mol. The van der Waals surface area contributed by atoms with Gasteiger partial charge in [0.1, 0.15) is 24.2 Å². The van der Waals surface area contributed by atoms with E-state index in [1.54, 1.807) is 13.8 Å². The average Bonchev–Trinajstić information content (AvgIpc) is 2.95. The second-order valence-corrected chi connectivity index (χ2v) is 10.4. The van der Waals surface area contributed by atoms with Gasteiger partial charge in [-0.15, -0.1) is 0 Å². The standard InChI is InChI=1S/C25H51N9O8/c1-3-13(2)19(22(39)32-17(24(41)42)8-7-15(36)11-26)33-23(40)20(34-21(38)16(28)12-35)18(37)9-6-14(27)5-4-10-31-25(29)30/h13-20,35-37H,3-12,26-28H2,1-2H3,(H,32,39)(H,33,40)(H,34,38)(H,41,42)(H4,29,30,31). The molecule has 0 rings (SSSR count). The maximum Gasteiger partial charge on any atom is 0.326 e. The first-order valence-corrected chi connectivity index (χ1v) is 14.1. The number of aliphatic hydroxyl groups excluding tert-OH is 3. The predicted molar refractivity (Wildman–Crippen MR) is 155 cm³/mol. The Hall–Kier alpha value is -3.09. The van der Waals surface area contributed by atoms with Crippen molar-refractivity contribution >= 4 is 29.7 Å². The highest BCUT2D eigenvalue weighted by molar-refractivity contribution is 5.94. The third kappa shape index (κ3) is 15.2. The van der Waals surface area contributed by atoms with Gasteiger partial charge >= 0.3 is 5.97 Å². The van der Waals surface area contributed by atoms with Crippen molar-refractivity contribution in [2.45, 2.75) is 101 Å². The van der Waals surface area contributed by atoms with E-state index in [0.29, 0.717) is 25.8 Å². The molecule has 0 aliphatic rings. The van der Waals surface area contributed by atoms with Gasteiger partial charge in [-0.25, -0.2) is 4.79 Å². The number of amides is 3. The molecule has 0 aliphatic heterocycles. The number of guanidine groups is 1. The molecule has 3 amide bonds. The van der Waals surface area contributed by atoms with Crippen LogP contribution in [-0.4, -0.2) is 112 Å². The molecule has 0 aromatic rings. The molecule has 17 heteroatoms. The number of hydrogen-bond donors (Lipinski definition) is 12. The van der Waals surface area contributed by atoms with Gasteiger partial charge in [0.25, 0.3) is 0 Å². The van der Waals surface area contributed by atoms with Crippen LogP contribution in [0.25, 0.3) is 0 Å². The zero-order valence-corrected chi connectivity index (χ0v) is 24.4. The van der Waals surface area contributed by atoms with E-state index in [4.69, 9.17) is 28.7 Å². The van der Waals surface area contributed by atoms with Gasteiger partial charge in [0.05, 0.1) is 18.8 Å². The second kappa shape index (κ2) is 20.7. The van der Waals surface area contributed by atoms with Crippen LogP contribution in [0.1, 0.15) is 58.8 Å². The fourth-order valence-electron chi connectivity index (χ4n) is 3.88. The van der Waals surface area contributed by atoms with Gasteiger partial charge in [-0.05, 0) is 44.4 Å². The maximum absolute atomic E-state index is 13.4. The first-order valence-electron chi connectivity index (χ1n) is 14.1. The maximum atomic E-state index is 13.4. The summed E-state index contributed by atoms with van der Waals surface area (Å²) in [5.74, 6) is -4.50. The first-order chi connectivity index (χ1) is 19.7. The SMILES string of the molecule is CCC(C)C(NC(=O)C(NC(=O)C(N)CO)C(O)CCC(N)CCCN=C(N)N)C(=O)NC(CCC(O)CN)C(=O)O. The molecule has 0 bridgehead atoms. The van der Waals surface area contributed by atoms with Crippen LogP contribution < -0.4 is 44.6 Å². The van der Waals surface area contributed by atoms with Crippen molar-refractivity contribution in [2.75, 3.05) is 19.7 Å². The van der Waals surface area contributed by atoms with Crippen molar-refractivity contribution in [3.63, 3.8) is 0 Å². The minimum atomic E-state index is -1.57. The summed E-state index contributed by atoms with van der Waals surface area (Å²) in [5.41, 5.74) is 27.6. The molecule has 0 fully saturated rings. The fourth-order valence-corrected chi connectivity index (χ4v) is 3.88. The summed E-state index contributed by atoms with van der Waals surface area (Å²) in [5, 5.41) is 46.5. The Labute approximate surface area is 246 Å². The van der Waals surface area contributed by atoms with Crippen molar-refractivity contribution in [2.24, 2.45) is 39.6 Å². The molecule has 0 aromatic carbocycles. The number of carboxylic acid groups (broad SMARTS) is 1. The predicted octanol–water partition coefficient (Wildman–Crippen LogP) is -4.49. The molecule has 0 radical (unpaired) electrons. The van der Waals surface area contributed by atoms with Gasteiger partial charge < -0.3 is 65.0 Å². The van der Waals surface area contributed by atoms with Crippen molar-refractivity contribution in [3.8, 4) is 0 Å². The van der Waals surface area contributed by atoms with E-state index in [-0.39, 0.29) is 44.2 Å². The van der Waals surface area contributed by atoms with E-state index >= 15 is 0 Å². The molecule has 0 heterocycles. The minimum absolute atomic E-state index is 0.0130. The lowest BCUT2D eigenvalue weighted by atomic mass is 9.95. The number of aliphatic hydroxyl groups is 3. The molecule has 17 N–H and O–H groups in total. The molecule has 0 aromatic heterocycles. The largest absolute Gasteiger partial charge is 0.480 e. The van der Waals surface area contributed by atoms with Crippen molar-refractivity contribution in [3.05, 3.63) is 0 Å². The fraction of sp³-hybridized carbons (Fsp3) is 0.800. The topological polar surface area (TPSA) is 328 Å². The van der Waals surface area contributed by atoms with Crippen LogP contribution in [0.5, 0.6) is 0 Å². The number of carbonyl (C=O) groups excluding carboxylic acids is 3. The number of nitrogens with two attached hydrogens (primary N) is 5. The van der Waals surface area contributed by atoms with Crippen molar-refractivity contribution in [1.29, 1.82) is 0 Å². The van der Waals surface area contributed by atoms with Crippen molar-refractivity contribution in [1.82, 2.24) is 16.0 Å². The van der Waals surface area contributed by atoms with Crippen LogP contribution >= 0.6 is 0 Å². The summed E-state index contributed by atoms with van der Waals surface area (Å²) in [6.07, 6.45) is -0.726. The highest BCUT2D eigenvalue weighted by Gasteiger charge is 2.35. The molecular formula is C25H51N9O8. The van der Waals surface area contributed by atoms with Crippen LogP contribution in [0.2, 0.25) is 0 Å². The van der Waals surface area contributed by atoms with Crippen molar-refractivity contribution < 1.29 is 39.6 Å². The highest BCUT2D eigenvalue weighted by Crippen LogP contribution is 2.13. The van der Waals surface area contributed by atoms with E-state index in [1.165, 1.54) is 0 Å². The molecule has 42 heavy (non-hydrogen) atoms. The second-order valence-electron chi connectivity index (χ2n) is 10.4. The molecule has 0 aliphatic carbocycles. The Balaban J connectivity index is 5.70. The Bertz CT molecular complexity index is 875. The number of aliphatic imine (C=N–C) groups is 1. The zero-order valence-electron chi connectivity index (χ0n) is 24.4. The quantitative estimate of drug-likeness (QED) is 0.0315. The lowest BCUT2D eigenvalue weighted by Gasteiger charge is -2.30. The molecule has 8 unspecified atom stereocenters. The number of nitrogens with one attached hydrogen (secondary N) is 3. The Kier molecular flexibility index (Phi) is 19.2. The zero-order chi connectivity index (χ0) is 32.4. The summed E-state index contributed by atoms with van der Waals surface area (Å²) < 4.78 is 0. The molecule has 0 spiro atoms. The van der Waals surface area contributed by atoms with Gasteiger partial charge in [0.15, 0.2) is 5.96 Å². The summed E-state index contributed by atoms with van der Waals surface area (Å²) in [7, 11) is 0. The van der Waals surface area contributed by atoms with Gasteiger partial charge in [-0.1, -0.05) is 20.3 Å². The minimum Gasteiger partial charge on any atom is -0.480 e. The molecule has 8 atom stereocenters. The molecule has 17 nitrogen and oxygen atoms in total. The number of hydrogen-bond acceptors (Lipinski definition) is 11. The van der Waals surface area contributed by atoms with E-state index in [1.807, 2.05) is 0 Å². The number of aliphatic carboxylic acids is 1. The van der Waals surface area contributed by atoms with E-state index in [2.05, 4.69) is 20.9 Å². The molecule has 0 saturated heterocycles. The summed E-state index contributed by atoms with van der Waals surface area (Å²) in [6.45, 7) is 2.99. The van der Waals surface area contributed by atoms with Gasteiger partial charge in [0.2, 0.25) is 17.7 Å². The lowest BCUT2D eigenvalue weighted by molar-refractivity contribution is -0.143. The summed E-state index contributed by atoms with van der Waals surface area (Å²) >= 11 is 0. The van der Waals surface area contributed by atoms with E-state index < -0.39 is 72.6 Å². The van der Waals surface area contributed by atoms with Crippen LogP contribution in [0, 0.1) is 5.92 Å². The third-order valence-corrected chi connectivity index (χ3v) is 6.83. The smallest absolute Gasteiger partial charge is 0.326 e. The Morgan fingerprint density at radius 2 is 1.45 bits per heavy atom. The van der Waals surface area contributed by atoms with Crippen LogP contribution in [0.3, 0.4) is 0 Å². The van der Waals surface area contributed by atoms with E-state index in [0.717, 1.165) is 0 Å². The Morgan fingerprint density at radius 1 is 0.857 bits per heavy atom. The van der Waals surface area contributed by atoms with Gasteiger partial charge in [-0.3, -0.25) is 19.4 Å². The van der Waals surface area contributed by atoms with Crippen LogP contribution in [-0.2, 0) is 19.2 Å². The normalized spacial score (nSPS) is 17.0.